The van der Waals surface area contributed by atoms with Gasteiger partial charge in [-0.3, -0.25) is 4.79 Å². The van der Waals surface area contributed by atoms with Gasteiger partial charge >= 0.3 is 5.97 Å². The van der Waals surface area contributed by atoms with E-state index in [-0.39, 0.29) is 12.6 Å². The molecule has 0 spiro atoms. The van der Waals surface area contributed by atoms with Crippen LogP contribution in [0.4, 0.5) is 34.1 Å². The second-order valence-electron chi connectivity index (χ2n) is 11.3. The Kier molecular flexibility index (Phi) is 14.0. The summed E-state index contributed by atoms with van der Waals surface area (Å²) in [5, 5.41) is 14.1. The summed E-state index contributed by atoms with van der Waals surface area (Å²) in [6.45, 7) is 7.23. The van der Waals surface area contributed by atoms with E-state index in [1.54, 1.807) is 0 Å². The summed E-state index contributed by atoms with van der Waals surface area (Å²) in [4.78, 5) is 12.0. The zero-order chi connectivity index (χ0) is 34.2. The van der Waals surface area contributed by atoms with Crippen molar-refractivity contribution in [1.82, 2.24) is 5.32 Å². The van der Waals surface area contributed by atoms with E-state index in [1.807, 2.05) is 125 Å². The van der Waals surface area contributed by atoms with Gasteiger partial charge in [-0.1, -0.05) is 74.9 Å². The molecule has 0 amide bonds. The molecule has 11 N–H and O–H groups in total. The van der Waals surface area contributed by atoms with Gasteiger partial charge in [0.25, 0.3) is 0 Å². The Bertz CT molecular complexity index is 1660. The van der Waals surface area contributed by atoms with E-state index in [0.29, 0.717) is 6.42 Å². The molecule has 47 heavy (non-hydrogen) atoms. The molecule has 5 aromatic rings. The Morgan fingerprint density at radius 1 is 0.681 bits per heavy atom. The van der Waals surface area contributed by atoms with Gasteiger partial charge in [0.15, 0.2) is 0 Å². The van der Waals surface area contributed by atoms with Crippen LogP contribution in [0.5, 0.6) is 0 Å². The first-order chi connectivity index (χ1) is 22.7. The number of fused-ring (bicyclic) bond motifs is 1. The Morgan fingerprint density at radius 2 is 1.21 bits per heavy atom. The normalized spacial score (nSPS) is 14.1. The standard InChI is InChI=1S/C20H28N4O2.C10H10N2.C6H7N.C2H6/c1-20(13-26-18(25)9-4-3-5-12-22-2)23-16-8-6-7-14-15(21)10-11-17(24-20)19(14)16;11-9-5-6-10(12)8-4-2-1-3-7(8)9;7-6-4-2-1-3-5-6;1-2/h6-8,10-11,22-24H,3-5,9,12-13,21H2,1-2H3;1-6H,11-12H2;1-5H,7H2;1-2H3. The summed E-state index contributed by atoms with van der Waals surface area (Å²) in [7, 11) is 1.94. The van der Waals surface area contributed by atoms with Gasteiger partial charge in [-0.05, 0) is 75.8 Å². The third kappa shape index (κ3) is 10.4. The average Bonchev–Trinajstić information content (AvgIpc) is 3.09. The number of carbonyl (C=O) groups is 1. The number of carbonyl (C=O) groups excluding carboxylic acids is 1. The van der Waals surface area contributed by atoms with Crippen molar-refractivity contribution in [2.24, 2.45) is 0 Å². The molecule has 1 atom stereocenters. The lowest BCUT2D eigenvalue weighted by Crippen LogP contribution is -2.49. The first kappa shape index (κ1) is 36.3. The molecule has 0 bridgehead atoms. The van der Waals surface area contributed by atoms with Crippen LogP contribution in [0.3, 0.4) is 0 Å². The highest BCUT2D eigenvalue weighted by Gasteiger charge is 2.31. The van der Waals surface area contributed by atoms with Crippen LogP contribution >= 0.6 is 0 Å². The lowest BCUT2D eigenvalue weighted by atomic mass is 9.99. The Balaban J connectivity index is 0.000000233. The number of nitrogens with two attached hydrogens (primary N) is 4. The number of nitrogen functional groups attached to an aromatic ring is 4. The third-order valence-corrected chi connectivity index (χ3v) is 7.52. The van der Waals surface area contributed by atoms with Crippen LogP contribution < -0.4 is 38.9 Å². The molecular weight excluding hydrogens is 586 g/mol. The van der Waals surface area contributed by atoms with Crippen molar-refractivity contribution in [2.75, 3.05) is 53.8 Å². The fourth-order valence-electron chi connectivity index (χ4n) is 5.18. The lowest BCUT2D eigenvalue weighted by molar-refractivity contribution is -0.144. The van der Waals surface area contributed by atoms with Gasteiger partial charge in [-0.25, -0.2) is 0 Å². The van der Waals surface area contributed by atoms with Gasteiger partial charge in [0, 0.05) is 62.1 Å². The van der Waals surface area contributed by atoms with Gasteiger partial charge in [0.05, 0.1) is 0 Å². The molecule has 0 radical (unpaired) electrons. The molecule has 0 saturated carbocycles. The lowest BCUT2D eigenvalue weighted by Gasteiger charge is -2.38. The van der Waals surface area contributed by atoms with E-state index in [1.165, 1.54) is 0 Å². The SMILES string of the molecule is CC.CNCCCCCC(=O)OCC1(C)Nc2cccc3c(N)ccc(c23)N1.Nc1ccc(N)c2ccccc12.Nc1ccccc1. The molecule has 9 heteroatoms. The van der Waals surface area contributed by atoms with Crippen LogP contribution in [-0.4, -0.2) is 31.8 Å². The molecule has 9 nitrogen and oxygen atoms in total. The van der Waals surface area contributed by atoms with E-state index >= 15 is 0 Å². The predicted octanol–water partition coefficient (Wildman–Crippen LogP) is 7.60. The first-order valence-electron chi connectivity index (χ1n) is 16.2. The molecule has 1 heterocycles. The van der Waals surface area contributed by atoms with E-state index in [4.69, 9.17) is 27.7 Å². The van der Waals surface area contributed by atoms with Crippen molar-refractivity contribution < 1.29 is 9.53 Å². The van der Waals surface area contributed by atoms with Crippen LogP contribution in [0, 0.1) is 0 Å². The maximum Gasteiger partial charge on any atom is 0.305 e. The number of para-hydroxylation sites is 1. The van der Waals surface area contributed by atoms with Crippen molar-refractivity contribution >= 4 is 61.6 Å². The summed E-state index contributed by atoms with van der Waals surface area (Å²) in [5.74, 6) is -0.152. The number of hydrogen-bond acceptors (Lipinski definition) is 9. The van der Waals surface area contributed by atoms with Crippen molar-refractivity contribution in [3.05, 3.63) is 97.1 Å². The zero-order valence-electron chi connectivity index (χ0n) is 28.1. The maximum absolute atomic E-state index is 12.0. The van der Waals surface area contributed by atoms with Crippen LogP contribution in [0.15, 0.2) is 97.1 Å². The minimum atomic E-state index is -0.556. The highest BCUT2D eigenvalue weighted by atomic mass is 16.5. The van der Waals surface area contributed by atoms with Gasteiger partial charge < -0.3 is 43.6 Å². The van der Waals surface area contributed by atoms with Crippen LogP contribution in [0.25, 0.3) is 21.5 Å². The summed E-state index contributed by atoms with van der Waals surface area (Å²) in [6, 6.07) is 30.9. The minimum absolute atomic E-state index is 0.152. The Morgan fingerprint density at radius 3 is 1.79 bits per heavy atom. The van der Waals surface area contributed by atoms with Crippen molar-refractivity contribution in [3.8, 4) is 0 Å². The minimum Gasteiger partial charge on any atom is -0.461 e. The topological polar surface area (TPSA) is 166 Å². The molecule has 0 fully saturated rings. The van der Waals surface area contributed by atoms with E-state index < -0.39 is 5.66 Å². The van der Waals surface area contributed by atoms with E-state index in [2.05, 4.69) is 16.0 Å². The van der Waals surface area contributed by atoms with E-state index in [9.17, 15) is 4.79 Å². The predicted molar refractivity (Wildman–Crippen MR) is 202 cm³/mol. The molecule has 5 aromatic carbocycles. The third-order valence-electron chi connectivity index (χ3n) is 7.52. The monoisotopic (exact) mass is 637 g/mol. The molecule has 1 aliphatic rings. The number of nitrogens with one attached hydrogen (secondary N) is 3. The number of hydrogen-bond donors (Lipinski definition) is 7. The summed E-state index contributed by atoms with van der Waals surface area (Å²) in [5.41, 5.74) is 27.5. The number of benzene rings is 5. The molecule has 0 aliphatic carbocycles. The highest BCUT2D eigenvalue weighted by Crippen LogP contribution is 2.40. The molecule has 250 valence electrons. The molecular formula is C38H51N7O2. The molecule has 1 aliphatic heterocycles. The highest BCUT2D eigenvalue weighted by molar-refractivity contribution is 6.10. The van der Waals surface area contributed by atoms with Crippen molar-refractivity contribution in [1.29, 1.82) is 0 Å². The number of ether oxygens (including phenoxy) is 1. The number of rotatable bonds is 8. The van der Waals surface area contributed by atoms with Gasteiger partial charge in [-0.15, -0.1) is 0 Å². The fourth-order valence-corrected chi connectivity index (χ4v) is 5.18. The summed E-state index contributed by atoms with van der Waals surface area (Å²) >= 11 is 0. The average molecular weight is 638 g/mol. The van der Waals surface area contributed by atoms with Crippen molar-refractivity contribution in [3.63, 3.8) is 0 Å². The Hall–Kier alpha value is -5.15. The van der Waals surface area contributed by atoms with Gasteiger partial charge in [0.2, 0.25) is 0 Å². The maximum atomic E-state index is 12.0. The zero-order valence-corrected chi connectivity index (χ0v) is 28.1. The first-order valence-corrected chi connectivity index (χ1v) is 16.2. The fraction of sp³-hybridized carbons (Fsp3) is 0.289. The van der Waals surface area contributed by atoms with E-state index in [0.717, 1.165) is 81.5 Å². The molecule has 0 saturated heterocycles. The number of unbranched alkanes of at least 4 members (excludes halogenated alkanes) is 2. The van der Waals surface area contributed by atoms with Gasteiger partial charge in [-0.2, -0.15) is 0 Å². The van der Waals surface area contributed by atoms with Gasteiger partial charge in [0.1, 0.15) is 12.3 Å². The Labute approximate surface area is 279 Å². The van der Waals surface area contributed by atoms with Crippen LogP contribution in [0.1, 0.15) is 46.5 Å². The van der Waals surface area contributed by atoms with Crippen LogP contribution in [-0.2, 0) is 9.53 Å². The second kappa shape index (κ2) is 18.1. The quantitative estimate of drug-likeness (QED) is 0.0515. The summed E-state index contributed by atoms with van der Waals surface area (Å²) in [6.07, 6.45) is 3.43. The number of anilines is 6. The second-order valence-corrected chi connectivity index (χ2v) is 11.3. The van der Waals surface area contributed by atoms with Crippen molar-refractivity contribution in [2.45, 2.75) is 52.1 Å². The molecule has 1 unspecified atom stereocenters. The van der Waals surface area contributed by atoms with Crippen LogP contribution in [0.2, 0.25) is 0 Å². The summed E-state index contributed by atoms with van der Waals surface area (Å²) < 4.78 is 5.52. The smallest absolute Gasteiger partial charge is 0.305 e. The molecule has 0 aromatic heterocycles. The molecule has 6 rings (SSSR count). The largest absolute Gasteiger partial charge is 0.461 e. The number of esters is 1.